The summed E-state index contributed by atoms with van der Waals surface area (Å²) in [6.07, 6.45) is 3.69. The fourth-order valence-corrected chi connectivity index (χ4v) is 9.24. The van der Waals surface area contributed by atoms with Crippen molar-refractivity contribution in [2.24, 2.45) is 5.41 Å². The number of aromatic nitrogens is 4. The number of aryl methyl sites for hydroxylation is 3. The van der Waals surface area contributed by atoms with Crippen LogP contribution in [0.1, 0.15) is 66.5 Å². The molecular weight excluding hydrogens is 633 g/mol. The number of nitrogens with zero attached hydrogens (tertiary/aromatic N) is 5. The van der Waals surface area contributed by atoms with Crippen molar-refractivity contribution in [3.05, 3.63) is 93.4 Å². The van der Waals surface area contributed by atoms with Crippen molar-refractivity contribution in [1.29, 1.82) is 0 Å². The Bertz CT molecular complexity index is 2040. The first-order valence-corrected chi connectivity index (χ1v) is 18.1. The van der Waals surface area contributed by atoms with Crippen LogP contribution in [0, 0.1) is 19.3 Å². The van der Waals surface area contributed by atoms with Gasteiger partial charge in [-0.15, -0.1) is 16.4 Å². The number of benzene rings is 2. The van der Waals surface area contributed by atoms with E-state index >= 15 is 0 Å². The fraction of sp³-hybridized carbons (Fsp3) is 0.371. The van der Waals surface area contributed by atoms with Gasteiger partial charge in [-0.3, -0.25) is 9.78 Å². The van der Waals surface area contributed by atoms with Gasteiger partial charge in [-0.1, -0.05) is 44.2 Å². The Hall–Kier alpha value is -4.13. The van der Waals surface area contributed by atoms with Crippen LogP contribution in [0.3, 0.4) is 0 Å². The number of nitrogens with one attached hydrogen (secondary N) is 1. The predicted molar refractivity (Wildman–Crippen MR) is 184 cm³/mol. The minimum Gasteiger partial charge on any atom is -0.488 e. The van der Waals surface area contributed by atoms with Gasteiger partial charge >= 0.3 is 0 Å². The van der Waals surface area contributed by atoms with Crippen LogP contribution < -0.4 is 10.1 Å². The summed E-state index contributed by atoms with van der Waals surface area (Å²) < 4.78 is 37.4. The number of hydrogen-bond acceptors (Lipinski definition) is 8. The molecule has 0 unspecified atom stereocenters. The average molecular weight is 673 g/mol. The lowest BCUT2D eigenvalue weighted by molar-refractivity contribution is -0.124. The summed E-state index contributed by atoms with van der Waals surface area (Å²) in [7, 11) is -3.82. The molecule has 0 radical (unpaired) electrons. The monoisotopic (exact) mass is 672 g/mol. The molecule has 3 aromatic heterocycles. The number of para-hydroxylation sites is 1. The highest BCUT2D eigenvalue weighted by atomic mass is 32.2. The molecule has 10 nitrogen and oxygen atoms in total. The Balaban J connectivity index is 1.43. The number of amides is 1. The van der Waals surface area contributed by atoms with Crippen molar-refractivity contribution >= 4 is 44.0 Å². The molecule has 12 heteroatoms. The van der Waals surface area contributed by atoms with Gasteiger partial charge in [0.15, 0.2) is 0 Å². The van der Waals surface area contributed by atoms with E-state index in [4.69, 9.17) is 4.74 Å². The van der Waals surface area contributed by atoms with Crippen molar-refractivity contribution < 1.29 is 17.9 Å². The van der Waals surface area contributed by atoms with Gasteiger partial charge in [0.05, 0.1) is 29.4 Å². The zero-order valence-electron chi connectivity index (χ0n) is 27.5. The molecule has 0 aliphatic carbocycles. The molecule has 1 amide bonds. The summed E-state index contributed by atoms with van der Waals surface area (Å²) in [6, 6.07) is 16.6. The lowest BCUT2D eigenvalue weighted by Gasteiger charge is -2.34. The normalized spacial score (nSPS) is 17.1. The number of pyridine rings is 1. The van der Waals surface area contributed by atoms with E-state index in [0.717, 1.165) is 37.5 Å². The molecule has 5 aromatic rings. The molecular formula is C35H40N6O4S2. The molecule has 1 aliphatic heterocycles. The minimum atomic E-state index is -3.82. The van der Waals surface area contributed by atoms with E-state index in [9.17, 15) is 13.2 Å². The van der Waals surface area contributed by atoms with E-state index in [2.05, 4.69) is 32.7 Å². The molecule has 2 atom stereocenters. The van der Waals surface area contributed by atoms with Gasteiger partial charge in [-0.25, -0.2) is 13.1 Å². The van der Waals surface area contributed by atoms with Crippen LogP contribution in [0.4, 0.5) is 5.69 Å². The second-order valence-corrected chi connectivity index (χ2v) is 15.7. The summed E-state index contributed by atoms with van der Waals surface area (Å²) in [6.45, 7) is 13.1. The number of carbonyl (C=O) groups excluding carboxylic acids is 1. The summed E-state index contributed by atoms with van der Waals surface area (Å²) in [5, 5.41) is 11.9. The van der Waals surface area contributed by atoms with Crippen LogP contribution in [0.2, 0.25) is 0 Å². The topological polar surface area (TPSA) is 119 Å². The highest BCUT2D eigenvalue weighted by Gasteiger charge is 2.42. The van der Waals surface area contributed by atoms with Gasteiger partial charge in [0, 0.05) is 35.0 Å². The zero-order valence-corrected chi connectivity index (χ0v) is 29.2. The molecule has 246 valence electrons. The first-order valence-electron chi connectivity index (χ1n) is 15.8. The predicted octanol–water partition coefficient (Wildman–Crippen LogP) is 6.68. The number of hydrogen-bond donors (Lipinski definition) is 1. The molecule has 47 heavy (non-hydrogen) atoms. The van der Waals surface area contributed by atoms with Gasteiger partial charge in [-0.2, -0.15) is 4.31 Å². The van der Waals surface area contributed by atoms with E-state index in [0.29, 0.717) is 24.4 Å². The average Bonchev–Trinajstić information content (AvgIpc) is 3.62. The Morgan fingerprint density at radius 2 is 1.91 bits per heavy atom. The Labute approximate surface area is 279 Å². The van der Waals surface area contributed by atoms with Gasteiger partial charge in [0.1, 0.15) is 22.3 Å². The van der Waals surface area contributed by atoms with E-state index < -0.39 is 15.4 Å². The highest BCUT2D eigenvalue weighted by Crippen LogP contribution is 2.47. The number of ether oxygens (including phenoxy) is 1. The van der Waals surface area contributed by atoms with E-state index in [1.54, 1.807) is 54.1 Å². The fourth-order valence-electron chi connectivity index (χ4n) is 6.32. The number of carbonyl (C=O) groups is 1. The number of thiophene rings is 1. The van der Waals surface area contributed by atoms with Crippen molar-refractivity contribution in [2.45, 2.75) is 78.0 Å². The maximum Gasteiger partial charge on any atom is 0.247 e. The lowest BCUT2D eigenvalue weighted by Crippen LogP contribution is -2.37. The van der Waals surface area contributed by atoms with Crippen LogP contribution in [-0.4, -0.2) is 51.3 Å². The molecule has 4 heterocycles. The quantitative estimate of drug-likeness (QED) is 0.186. The standard InChI is InChI=1S/C35H40N6O4S2/c1-7-26-21-40(47(43,44)31-14-10-9-13-29(31)45-26)20-24-18-30(46-23(24)4)32(35(5,6)34(42)37-25-12-11-17-36-19-25)27-15-16-28-33(22(27)3)38-39-41(28)8-2/h9-19,26,32H,7-8,20-21H2,1-6H3,(H,37,42)/t26-,32-/m1/s1. The van der Waals surface area contributed by atoms with Crippen molar-refractivity contribution in [3.63, 3.8) is 0 Å². The van der Waals surface area contributed by atoms with Gasteiger partial charge in [0.2, 0.25) is 15.9 Å². The Morgan fingerprint density at radius 1 is 1.13 bits per heavy atom. The number of anilines is 1. The SMILES string of the molecule is CC[C@@H]1CN(Cc2cc([C@@H](c3ccc4c(nnn4CC)c3C)C(C)(C)C(=O)Nc3cccnc3)sc2C)S(=O)(=O)c2ccccc2O1. The van der Waals surface area contributed by atoms with E-state index in [1.165, 1.54) is 4.31 Å². The van der Waals surface area contributed by atoms with Crippen LogP contribution in [0.5, 0.6) is 5.75 Å². The van der Waals surface area contributed by atoms with Crippen molar-refractivity contribution in [3.8, 4) is 5.75 Å². The molecule has 6 rings (SSSR count). The zero-order chi connectivity index (χ0) is 33.5. The Morgan fingerprint density at radius 3 is 2.64 bits per heavy atom. The lowest BCUT2D eigenvalue weighted by atomic mass is 9.72. The third-order valence-corrected chi connectivity index (χ3v) is 12.1. The first-order chi connectivity index (χ1) is 22.4. The summed E-state index contributed by atoms with van der Waals surface area (Å²) in [5.41, 5.74) is 4.24. The third kappa shape index (κ3) is 6.05. The highest BCUT2D eigenvalue weighted by molar-refractivity contribution is 7.89. The number of rotatable bonds is 9. The third-order valence-electron chi connectivity index (χ3n) is 9.11. The molecule has 0 bridgehead atoms. The molecule has 0 saturated carbocycles. The van der Waals surface area contributed by atoms with Crippen LogP contribution >= 0.6 is 11.3 Å². The van der Waals surface area contributed by atoms with E-state index in [1.807, 2.05) is 58.4 Å². The van der Waals surface area contributed by atoms with Crippen LogP contribution in [0.15, 0.2) is 71.9 Å². The first kappa shape index (κ1) is 32.8. The molecule has 1 aliphatic rings. The minimum absolute atomic E-state index is 0.158. The van der Waals surface area contributed by atoms with Crippen LogP contribution in [0.25, 0.3) is 11.0 Å². The summed E-state index contributed by atoms with van der Waals surface area (Å²) >= 11 is 1.59. The molecule has 1 N–H and O–H groups in total. The largest absolute Gasteiger partial charge is 0.488 e. The summed E-state index contributed by atoms with van der Waals surface area (Å²) in [5.74, 6) is -0.146. The van der Waals surface area contributed by atoms with Gasteiger partial charge in [-0.05, 0) is 80.3 Å². The van der Waals surface area contributed by atoms with Gasteiger partial charge < -0.3 is 10.1 Å². The number of sulfonamides is 1. The second-order valence-electron chi connectivity index (χ2n) is 12.5. The Kier molecular flexibility index (Phi) is 8.94. The molecule has 0 spiro atoms. The van der Waals surface area contributed by atoms with Crippen LogP contribution in [-0.2, 0) is 27.9 Å². The van der Waals surface area contributed by atoms with Gasteiger partial charge in [0.25, 0.3) is 0 Å². The second kappa shape index (κ2) is 12.8. The molecule has 0 fully saturated rings. The maximum absolute atomic E-state index is 14.1. The van der Waals surface area contributed by atoms with Crippen molar-refractivity contribution in [2.75, 3.05) is 11.9 Å². The smallest absolute Gasteiger partial charge is 0.247 e. The maximum atomic E-state index is 14.1. The molecule has 2 aromatic carbocycles. The van der Waals surface area contributed by atoms with Crippen molar-refractivity contribution in [1.82, 2.24) is 24.3 Å². The molecule has 0 saturated heterocycles. The van der Waals surface area contributed by atoms with E-state index in [-0.39, 0.29) is 35.9 Å². The summed E-state index contributed by atoms with van der Waals surface area (Å²) in [4.78, 5) is 20.4. The number of fused-ring (bicyclic) bond motifs is 2.